The van der Waals surface area contributed by atoms with Gasteiger partial charge in [0.2, 0.25) is 5.91 Å². The quantitative estimate of drug-likeness (QED) is 0.572. The molecule has 1 aromatic heterocycles. The molecule has 0 unspecified atom stereocenters. The molecule has 2 aliphatic heterocycles. The van der Waals surface area contributed by atoms with Gasteiger partial charge in [-0.05, 0) is 55.7 Å². The Morgan fingerprint density at radius 1 is 1.32 bits per heavy atom. The lowest BCUT2D eigenvalue weighted by Gasteiger charge is -2.38. The van der Waals surface area contributed by atoms with Crippen LogP contribution in [0.15, 0.2) is 41.5 Å². The van der Waals surface area contributed by atoms with E-state index >= 15 is 4.39 Å². The summed E-state index contributed by atoms with van der Waals surface area (Å²) < 4.78 is 57.0. The van der Waals surface area contributed by atoms with Crippen LogP contribution in [0.4, 0.5) is 17.6 Å². The van der Waals surface area contributed by atoms with Crippen molar-refractivity contribution in [1.29, 1.82) is 5.26 Å². The Morgan fingerprint density at radius 3 is 2.78 bits per heavy atom. The van der Waals surface area contributed by atoms with Crippen LogP contribution in [0.5, 0.6) is 0 Å². The first kappa shape index (κ1) is 25.3. The minimum absolute atomic E-state index is 0.0116. The molecule has 1 aliphatic carbocycles. The number of piperidine rings is 1. The lowest BCUT2D eigenvalue weighted by atomic mass is 9.84. The number of likely N-dealkylation sites (tertiary alicyclic amines) is 1. The van der Waals surface area contributed by atoms with Crippen molar-refractivity contribution in [2.45, 2.75) is 42.4 Å². The van der Waals surface area contributed by atoms with Crippen molar-refractivity contribution in [1.82, 2.24) is 9.88 Å². The van der Waals surface area contributed by atoms with Crippen molar-refractivity contribution < 1.29 is 22.4 Å². The number of aliphatic imine (C=N–C) groups is 1. The normalized spacial score (nSPS) is 28.6. The van der Waals surface area contributed by atoms with Crippen molar-refractivity contribution in [3.63, 3.8) is 0 Å². The van der Waals surface area contributed by atoms with Gasteiger partial charge in [-0.15, -0.1) is 0 Å². The van der Waals surface area contributed by atoms with Gasteiger partial charge in [-0.25, -0.2) is 17.6 Å². The van der Waals surface area contributed by atoms with E-state index < -0.39 is 46.2 Å². The maximum absolute atomic E-state index is 15.2. The largest absolute Gasteiger partial charge is 0.378 e. The van der Waals surface area contributed by atoms with Crippen molar-refractivity contribution in [3.8, 4) is 6.07 Å². The first-order valence-corrected chi connectivity index (χ1v) is 12.5. The Morgan fingerprint density at radius 2 is 2.11 bits per heavy atom. The second kappa shape index (κ2) is 8.87. The van der Waals surface area contributed by atoms with Crippen LogP contribution >= 0.6 is 11.8 Å². The zero-order valence-corrected chi connectivity index (χ0v) is 20.7. The maximum Gasteiger partial charge on any atom is 0.265 e. The molecule has 2 fully saturated rings. The summed E-state index contributed by atoms with van der Waals surface area (Å²) in [5.41, 5.74) is 5.62. The number of aromatic nitrogens is 1. The average molecular weight is 530 g/mol. The molecule has 0 spiro atoms. The van der Waals surface area contributed by atoms with E-state index in [0.717, 1.165) is 11.8 Å². The van der Waals surface area contributed by atoms with E-state index in [0.29, 0.717) is 12.0 Å². The molecule has 2 N–H and O–H groups in total. The Kier molecular flexibility index (Phi) is 6.06. The van der Waals surface area contributed by atoms with Crippen molar-refractivity contribution in [3.05, 3.63) is 64.7 Å². The summed E-state index contributed by atoms with van der Waals surface area (Å²) >= 11 is 1.05. The summed E-state index contributed by atoms with van der Waals surface area (Å²) in [5.74, 6) is -5.13. The third-order valence-electron chi connectivity index (χ3n) is 7.23. The van der Waals surface area contributed by atoms with Crippen molar-refractivity contribution in [2.24, 2.45) is 16.6 Å². The molecule has 3 heterocycles. The number of pyridine rings is 1. The number of nitrogens with two attached hydrogens (primary N) is 1. The summed E-state index contributed by atoms with van der Waals surface area (Å²) in [6.07, 6.45) is 2.68. The predicted octanol–water partition coefficient (Wildman–Crippen LogP) is 4.85. The van der Waals surface area contributed by atoms with Gasteiger partial charge in [0.05, 0.1) is 23.3 Å². The highest BCUT2D eigenvalue weighted by molar-refractivity contribution is 8.15. The maximum atomic E-state index is 15.2. The van der Waals surface area contributed by atoms with Gasteiger partial charge in [-0.1, -0.05) is 17.8 Å². The molecule has 11 heteroatoms. The molecule has 0 bridgehead atoms. The fraction of sp³-hybridized carbons (Fsp3) is 0.385. The smallest absolute Gasteiger partial charge is 0.265 e. The molecule has 1 aromatic carbocycles. The Hall–Kier alpha value is -3.39. The van der Waals surface area contributed by atoms with Crippen LogP contribution in [0, 0.1) is 23.1 Å². The zero-order valence-electron chi connectivity index (χ0n) is 19.8. The van der Waals surface area contributed by atoms with E-state index in [4.69, 9.17) is 11.0 Å². The predicted molar refractivity (Wildman–Crippen MR) is 132 cm³/mol. The van der Waals surface area contributed by atoms with E-state index in [-0.39, 0.29) is 41.4 Å². The number of fused-ring (bicyclic) bond motifs is 1. The number of hydrogen-bond acceptors (Lipinski definition) is 6. The molecule has 192 valence electrons. The number of hydrogen-bond donors (Lipinski definition) is 1. The van der Waals surface area contributed by atoms with E-state index in [1.54, 1.807) is 6.92 Å². The van der Waals surface area contributed by atoms with Gasteiger partial charge >= 0.3 is 0 Å². The molecular weight excluding hydrogens is 506 g/mol. The SMILES string of the molecule is C[C@]1(c2cc(C=C(F)c3ccc(C#N)cn3)ccc2F)N=C(N)S[C@@]2(C(=O)N3CCCC(F)(F)C3)C[C@H]21. The third-order valence-corrected chi connectivity index (χ3v) is 8.52. The van der Waals surface area contributed by atoms with Gasteiger partial charge in [0.1, 0.15) is 22.5 Å². The summed E-state index contributed by atoms with van der Waals surface area (Å²) in [5, 5.41) is 8.96. The minimum atomic E-state index is -2.95. The van der Waals surface area contributed by atoms with Gasteiger partial charge in [0.15, 0.2) is 5.17 Å². The molecule has 3 aliphatic rings. The molecular formula is C26H23F4N5OS. The molecule has 6 nitrogen and oxygen atoms in total. The monoisotopic (exact) mass is 529 g/mol. The molecule has 2 aromatic rings. The number of carbonyl (C=O) groups excluding carboxylic acids is 1. The highest BCUT2D eigenvalue weighted by atomic mass is 32.2. The second-order valence-electron chi connectivity index (χ2n) is 9.81. The van der Waals surface area contributed by atoms with Crippen LogP contribution in [0.1, 0.15) is 48.6 Å². The van der Waals surface area contributed by atoms with Crippen LogP contribution in [-0.2, 0) is 10.3 Å². The minimum Gasteiger partial charge on any atom is -0.378 e. The van der Waals surface area contributed by atoms with Crippen LogP contribution in [-0.4, -0.2) is 44.7 Å². The van der Waals surface area contributed by atoms with E-state index in [9.17, 15) is 18.0 Å². The fourth-order valence-corrected chi connectivity index (χ4v) is 6.75. The van der Waals surface area contributed by atoms with Gasteiger partial charge in [-0.3, -0.25) is 14.8 Å². The molecule has 3 atom stereocenters. The van der Waals surface area contributed by atoms with Crippen LogP contribution in [0.3, 0.4) is 0 Å². The summed E-state index contributed by atoms with van der Waals surface area (Å²) in [4.78, 5) is 23.1. The average Bonchev–Trinajstić information content (AvgIpc) is 3.60. The van der Waals surface area contributed by atoms with Gasteiger partial charge in [0, 0.05) is 30.6 Å². The zero-order chi connectivity index (χ0) is 26.6. The first-order chi connectivity index (χ1) is 17.5. The number of halogens is 4. The highest BCUT2D eigenvalue weighted by Crippen LogP contribution is 2.66. The van der Waals surface area contributed by atoms with E-state index in [2.05, 4.69) is 9.98 Å². The van der Waals surface area contributed by atoms with Crippen molar-refractivity contribution >= 4 is 34.7 Å². The number of amides is 1. The Balaban J connectivity index is 1.46. The molecule has 37 heavy (non-hydrogen) atoms. The topological polar surface area (TPSA) is 95.4 Å². The number of amidine groups is 1. The number of carbonyl (C=O) groups is 1. The van der Waals surface area contributed by atoms with Gasteiger partial charge in [0.25, 0.3) is 5.92 Å². The van der Waals surface area contributed by atoms with Gasteiger partial charge in [-0.2, -0.15) is 5.26 Å². The Labute approximate surface area is 215 Å². The Bertz CT molecular complexity index is 1370. The molecule has 1 amide bonds. The molecule has 0 radical (unpaired) electrons. The first-order valence-electron chi connectivity index (χ1n) is 11.7. The number of nitrogens with zero attached hydrogens (tertiary/aromatic N) is 4. The summed E-state index contributed by atoms with van der Waals surface area (Å²) in [6.45, 7) is 1.24. The highest BCUT2D eigenvalue weighted by Gasteiger charge is 2.71. The molecule has 1 saturated carbocycles. The lowest BCUT2D eigenvalue weighted by molar-refractivity contribution is -0.142. The lowest BCUT2D eigenvalue weighted by Crippen LogP contribution is -2.52. The van der Waals surface area contributed by atoms with Crippen LogP contribution in [0.2, 0.25) is 0 Å². The summed E-state index contributed by atoms with van der Waals surface area (Å²) in [7, 11) is 0. The molecule has 5 rings (SSSR count). The summed E-state index contributed by atoms with van der Waals surface area (Å²) in [6, 6.07) is 8.76. The molecule has 1 saturated heterocycles. The fourth-order valence-electron chi connectivity index (χ4n) is 5.30. The number of rotatable bonds is 4. The number of benzene rings is 1. The standard InChI is InChI=1S/C26H23F4N5OS/c1-24(17-9-15(3-5-18(17)27)10-19(28)20-6-4-16(12-31)13-33-20)21-11-26(21,37-23(32)34-24)22(36)35-8-2-7-25(29,30)14-35/h3-6,9-10,13,21H,2,7-8,11,14H2,1H3,(H2,32,34)/t21-,24+,26-/m0/s1. The van der Waals surface area contributed by atoms with E-state index in [1.807, 2.05) is 6.07 Å². The van der Waals surface area contributed by atoms with Gasteiger partial charge < -0.3 is 10.6 Å². The number of thioether (sulfide) groups is 1. The van der Waals surface area contributed by atoms with Crippen LogP contribution in [0.25, 0.3) is 11.9 Å². The second-order valence-corrected chi connectivity index (χ2v) is 11.2. The number of alkyl halides is 2. The van der Waals surface area contributed by atoms with Crippen molar-refractivity contribution in [2.75, 3.05) is 13.1 Å². The third kappa shape index (κ3) is 4.48. The number of nitriles is 1. The van der Waals surface area contributed by atoms with E-state index in [1.165, 1.54) is 47.5 Å². The van der Waals surface area contributed by atoms with Crippen LogP contribution < -0.4 is 5.73 Å².